The maximum Gasteiger partial charge on any atom is 0.333 e. The Labute approximate surface area is 215 Å². The molecule has 3 atom stereocenters. The molecule has 0 unspecified atom stereocenters. The number of carbonyl (C=O) groups is 1. The van der Waals surface area contributed by atoms with E-state index in [1.165, 1.54) is 23.9 Å². The lowest BCUT2D eigenvalue weighted by molar-refractivity contribution is 0.101. The van der Waals surface area contributed by atoms with Crippen molar-refractivity contribution in [2.75, 3.05) is 11.9 Å². The van der Waals surface area contributed by atoms with Crippen LogP contribution in [0.1, 0.15) is 39.2 Å². The Balaban J connectivity index is 1.48. The molecule has 0 spiro atoms. The highest BCUT2D eigenvalue weighted by Crippen LogP contribution is 2.32. The van der Waals surface area contributed by atoms with Crippen molar-refractivity contribution in [2.24, 2.45) is 11.1 Å². The van der Waals surface area contributed by atoms with Crippen LogP contribution in [0.5, 0.6) is 0 Å². The number of nitrogens with zero attached hydrogens (tertiary/aromatic N) is 2. The second kappa shape index (κ2) is 10.6. The van der Waals surface area contributed by atoms with Gasteiger partial charge in [-0.15, -0.1) is 11.3 Å². The Morgan fingerprint density at radius 3 is 2.86 bits per heavy atom. The normalized spacial score (nSPS) is 20.0. The standard InChI is InChI=1S/C23H23BrN4O5S2/c1-13(14-3-2-4-17(24)5-14)16-7-21(34-11-16)22(30)19-9-26-12-27-23(19)28-18-6-15(20(29)8-18)10-33-35(25,31)32/h2-5,7,9,11-12,15,18,20,29H,1,6,8,10H2,(H2,25,31,32)(H,26,27,28)/t15-,18-,20+/m1/s1. The van der Waals surface area contributed by atoms with Gasteiger partial charge in [-0.3, -0.25) is 8.98 Å². The lowest BCUT2D eigenvalue weighted by atomic mass is 10.0. The summed E-state index contributed by atoms with van der Waals surface area (Å²) in [6.45, 7) is 3.96. The Morgan fingerprint density at radius 2 is 2.11 bits per heavy atom. The molecule has 1 saturated carbocycles. The van der Waals surface area contributed by atoms with Gasteiger partial charge in [-0.05, 0) is 53.1 Å². The summed E-state index contributed by atoms with van der Waals surface area (Å²) in [5, 5.41) is 20.2. The Hall–Kier alpha value is -2.48. The molecular formula is C23H23BrN4O5S2. The monoisotopic (exact) mass is 578 g/mol. The smallest absolute Gasteiger partial charge is 0.333 e. The van der Waals surface area contributed by atoms with E-state index in [-0.39, 0.29) is 18.4 Å². The summed E-state index contributed by atoms with van der Waals surface area (Å²) in [4.78, 5) is 22.1. The van der Waals surface area contributed by atoms with Gasteiger partial charge in [-0.1, -0.05) is 34.6 Å². The minimum Gasteiger partial charge on any atom is -0.393 e. The number of halogens is 1. The molecule has 0 aliphatic heterocycles. The van der Waals surface area contributed by atoms with Crippen LogP contribution in [0.25, 0.3) is 5.57 Å². The minimum atomic E-state index is -4.09. The molecule has 12 heteroatoms. The van der Waals surface area contributed by atoms with Gasteiger partial charge in [0.25, 0.3) is 0 Å². The maximum atomic E-state index is 13.3. The van der Waals surface area contributed by atoms with Crippen molar-refractivity contribution in [2.45, 2.75) is 25.0 Å². The minimum absolute atomic E-state index is 0.215. The molecule has 0 radical (unpaired) electrons. The van der Waals surface area contributed by atoms with E-state index in [0.29, 0.717) is 29.1 Å². The van der Waals surface area contributed by atoms with Crippen LogP contribution in [0.3, 0.4) is 0 Å². The van der Waals surface area contributed by atoms with Gasteiger partial charge >= 0.3 is 10.3 Å². The molecule has 1 aromatic carbocycles. The summed E-state index contributed by atoms with van der Waals surface area (Å²) in [5.41, 5.74) is 2.89. The molecule has 2 heterocycles. The highest BCUT2D eigenvalue weighted by Gasteiger charge is 2.34. The van der Waals surface area contributed by atoms with E-state index < -0.39 is 22.3 Å². The summed E-state index contributed by atoms with van der Waals surface area (Å²) < 4.78 is 27.7. The quantitative estimate of drug-likeness (QED) is 0.328. The fraction of sp³-hybridized carbons (Fsp3) is 0.261. The number of carbonyl (C=O) groups excluding carboxylic acids is 1. The molecule has 3 aromatic rings. The van der Waals surface area contributed by atoms with Crippen LogP contribution >= 0.6 is 27.3 Å². The molecule has 1 aliphatic rings. The van der Waals surface area contributed by atoms with Crippen molar-refractivity contribution in [1.29, 1.82) is 0 Å². The zero-order valence-electron chi connectivity index (χ0n) is 18.4. The van der Waals surface area contributed by atoms with Crippen LogP contribution in [0.4, 0.5) is 5.82 Å². The molecule has 4 rings (SSSR count). The molecule has 35 heavy (non-hydrogen) atoms. The number of anilines is 1. The number of nitrogens with two attached hydrogens (primary N) is 1. The van der Waals surface area contributed by atoms with Crippen LogP contribution in [0.2, 0.25) is 0 Å². The predicted molar refractivity (Wildman–Crippen MR) is 137 cm³/mol. The highest BCUT2D eigenvalue weighted by atomic mass is 79.9. The van der Waals surface area contributed by atoms with E-state index in [4.69, 9.17) is 5.14 Å². The van der Waals surface area contributed by atoms with E-state index in [9.17, 15) is 18.3 Å². The highest BCUT2D eigenvalue weighted by molar-refractivity contribution is 9.10. The summed E-state index contributed by atoms with van der Waals surface area (Å²) >= 11 is 4.77. The lowest BCUT2D eigenvalue weighted by Gasteiger charge is -2.15. The molecule has 0 saturated heterocycles. The maximum absolute atomic E-state index is 13.3. The van der Waals surface area contributed by atoms with Gasteiger partial charge in [-0.2, -0.15) is 8.42 Å². The second-order valence-electron chi connectivity index (χ2n) is 8.22. The van der Waals surface area contributed by atoms with Gasteiger partial charge in [0.05, 0.1) is 23.2 Å². The predicted octanol–water partition coefficient (Wildman–Crippen LogP) is 3.36. The van der Waals surface area contributed by atoms with Gasteiger partial charge < -0.3 is 10.4 Å². The van der Waals surface area contributed by atoms with Crippen LogP contribution in [0.15, 0.2) is 59.3 Å². The number of aliphatic hydroxyl groups is 1. The Morgan fingerprint density at radius 1 is 1.31 bits per heavy atom. The molecule has 0 bridgehead atoms. The van der Waals surface area contributed by atoms with Crippen molar-refractivity contribution in [3.8, 4) is 0 Å². The van der Waals surface area contributed by atoms with Crippen LogP contribution in [-0.4, -0.2) is 48.0 Å². The average Bonchev–Trinajstić information content (AvgIpc) is 3.43. The second-order valence-corrected chi connectivity index (χ2v) is 11.3. The fourth-order valence-corrected chi connectivity index (χ4v) is 5.62. The number of hydrogen-bond donors (Lipinski definition) is 3. The first-order chi connectivity index (χ1) is 16.6. The van der Waals surface area contributed by atoms with Crippen LogP contribution < -0.4 is 10.5 Å². The van der Waals surface area contributed by atoms with Gasteiger partial charge in [0, 0.05) is 22.6 Å². The van der Waals surface area contributed by atoms with Gasteiger partial charge in [0.1, 0.15) is 12.1 Å². The van der Waals surface area contributed by atoms with E-state index in [1.807, 2.05) is 29.6 Å². The van der Waals surface area contributed by atoms with Crippen molar-refractivity contribution in [3.63, 3.8) is 0 Å². The van der Waals surface area contributed by atoms with Crippen molar-refractivity contribution in [3.05, 3.63) is 80.9 Å². The third-order valence-electron chi connectivity index (χ3n) is 5.75. The summed E-state index contributed by atoms with van der Waals surface area (Å²) in [5.74, 6) is -0.314. The van der Waals surface area contributed by atoms with Crippen molar-refractivity contribution >= 4 is 54.7 Å². The molecule has 1 aliphatic carbocycles. The van der Waals surface area contributed by atoms with Gasteiger partial charge in [0.2, 0.25) is 5.78 Å². The molecule has 2 aromatic heterocycles. The fourth-order valence-electron chi connectivity index (χ4n) is 3.98. The van der Waals surface area contributed by atoms with E-state index in [2.05, 4.69) is 42.0 Å². The first-order valence-electron chi connectivity index (χ1n) is 10.6. The Kier molecular flexibility index (Phi) is 7.79. The number of rotatable bonds is 9. The number of aliphatic hydroxyl groups excluding tert-OH is 1. The molecule has 184 valence electrons. The first-order valence-corrected chi connectivity index (χ1v) is 13.8. The van der Waals surface area contributed by atoms with Crippen LogP contribution in [-0.2, 0) is 14.5 Å². The van der Waals surface area contributed by atoms with E-state index in [0.717, 1.165) is 21.2 Å². The molecule has 9 nitrogen and oxygen atoms in total. The van der Waals surface area contributed by atoms with E-state index in [1.54, 1.807) is 6.07 Å². The summed E-state index contributed by atoms with van der Waals surface area (Å²) in [7, 11) is -4.09. The van der Waals surface area contributed by atoms with Gasteiger partial charge in [-0.25, -0.2) is 15.1 Å². The number of hydrogen-bond acceptors (Lipinski definition) is 9. The lowest BCUT2D eigenvalue weighted by Crippen LogP contribution is -2.24. The van der Waals surface area contributed by atoms with E-state index >= 15 is 0 Å². The topological polar surface area (TPSA) is 144 Å². The number of ketones is 1. The average molecular weight is 579 g/mol. The van der Waals surface area contributed by atoms with Gasteiger partial charge in [0.15, 0.2) is 0 Å². The zero-order valence-corrected chi connectivity index (χ0v) is 21.6. The van der Waals surface area contributed by atoms with Crippen molar-refractivity contribution < 1.29 is 22.5 Å². The third-order valence-corrected chi connectivity index (χ3v) is 7.63. The number of nitrogens with one attached hydrogen (secondary N) is 1. The summed E-state index contributed by atoms with van der Waals surface area (Å²) in [6, 6.07) is 9.33. The zero-order chi connectivity index (χ0) is 25.2. The number of aromatic nitrogens is 2. The van der Waals surface area contributed by atoms with Crippen LogP contribution in [0, 0.1) is 5.92 Å². The first kappa shape index (κ1) is 25.6. The third kappa shape index (κ3) is 6.40. The number of thiophene rings is 1. The Bertz CT molecular complexity index is 1360. The van der Waals surface area contributed by atoms with Crippen molar-refractivity contribution in [1.82, 2.24) is 9.97 Å². The number of benzene rings is 1. The largest absolute Gasteiger partial charge is 0.393 e. The molecule has 0 amide bonds. The molecular weight excluding hydrogens is 556 g/mol. The molecule has 4 N–H and O–H groups in total. The SMILES string of the molecule is C=C(c1cccc(Br)c1)c1csc(C(=O)c2cncnc2N[C@@H]2C[C@H](COS(N)(=O)=O)[C@@H](O)C2)c1. The molecule has 1 fully saturated rings. The summed E-state index contributed by atoms with van der Waals surface area (Å²) in [6.07, 6.45) is 2.77.